The highest BCUT2D eigenvalue weighted by Gasteiger charge is 2.25. The van der Waals surface area contributed by atoms with Crippen LogP contribution in [0.4, 0.5) is 10.5 Å². The second-order valence-electron chi connectivity index (χ2n) is 8.02. The number of urea groups is 1. The third-order valence-corrected chi connectivity index (χ3v) is 5.48. The molecule has 0 unspecified atom stereocenters. The van der Waals surface area contributed by atoms with Gasteiger partial charge in [-0.1, -0.05) is 47.5 Å². The third-order valence-electron chi connectivity index (χ3n) is 5.48. The molecule has 1 aliphatic rings. The molecule has 0 aliphatic carbocycles. The monoisotopic (exact) mass is 402 g/mol. The first-order valence-electron chi connectivity index (χ1n) is 10.2. The highest BCUT2D eigenvalue weighted by Crippen LogP contribution is 2.19. The Hall–Kier alpha value is -3.41. The number of hydrogen-bond acceptors (Lipinski definition) is 3. The standard InChI is InChI=1S/C24H26N4O2/c1-15-5-4-6-18(12-15)13-22-25-21-9-10-28(14-19(21)23(29)27-22)24(30)26-20-8-7-16(2)11-17(20)3/h4-8,11-12H,9-10,13-14H2,1-3H3,(H,26,30)(H,25,27,29). The first-order valence-corrected chi connectivity index (χ1v) is 10.2. The Morgan fingerprint density at radius 3 is 2.70 bits per heavy atom. The molecule has 154 valence electrons. The van der Waals surface area contributed by atoms with Crippen molar-refractivity contribution in [1.29, 1.82) is 0 Å². The van der Waals surface area contributed by atoms with E-state index in [1.807, 2.05) is 57.2 Å². The molecule has 0 saturated carbocycles. The summed E-state index contributed by atoms with van der Waals surface area (Å²) >= 11 is 0. The Kier molecular flexibility index (Phi) is 5.40. The van der Waals surface area contributed by atoms with E-state index in [1.54, 1.807) is 4.90 Å². The highest BCUT2D eigenvalue weighted by molar-refractivity contribution is 5.90. The van der Waals surface area contributed by atoms with Gasteiger partial charge in [-0.2, -0.15) is 0 Å². The molecule has 0 bridgehead atoms. The Morgan fingerprint density at radius 1 is 1.13 bits per heavy atom. The van der Waals surface area contributed by atoms with Crippen LogP contribution in [0.15, 0.2) is 47.3 Å². The molecule has 0 saturated heterocycles. The predicted molar refractivity (Wildman–Crippen MR) is 118 cm³/mol. The van der Waals surface area contributed by atoms with E-state index in [9.17, 15) is 9.59 Å². The molecule has 1 aliphatic heterocycles. The molecule has 2 N–H and O–H groups in total. The number of fused-ring (bicyclic) bond motifs is 1. The van der Waals surface area contributed by atoms with E-state index >= 15 is 0 Å². The van der Waals surface area contributed by atoms with Gasteiger partial charge in [0.15, 0.2) is 0 Å². The van der Waals surface area contributed by atoms with Gasteiger partial charge < -0.3 is 15.2 Å². The van der Waals surface area contributed by atoms with Crippen LogP contribution in [0.2, 0.25) is 0 Å². The maximum absolute atomic E-state index is 12.7. The van der Waals surface area contributed by atoms with Crippen LogP contribution in [0.5, 0.6) is 0 Å². The van der Waals surface area contributed by atoms with E-state index in [4.69, 9.17) is 0 Å². The summed E-state index contributed by atoms with van der Waals surface area (Å²) in [5.74, 6) is 0.664. The lowest BCUT2D eigenvalue weighted by Crippen LogP contribution is -2.42. The van der Waals surface area contributed by atoms with E-state index in [1.165, 1.54) is 5.56 Å². The molecule has 6 nitrogen and oxygen atoms in total. The molecule has 0 atom stereocenters. The number of hydrogen-bond donors (Lipinski definition) is 2. The van der Waals surface area contributed by atoms with Crippen LogP contribution in [-0.4, -0.2) is 27.4 Å². The van der Waals surface area contributed by atoms with Gasteiger partial charge in [-0.25, -0.2) is 9.78 Å². The summed E-state index contributed by atoms with van der Waals surface area (Å²) in [6.45, 7) is 6.83. The van der Waals surface area contributed by atoms with E-state index in [2.05, 4.69) is 21.4 Å². The number of H-pyrrole nitrogens is 1. The van der Waals surface area contributed by atoms with Crippen molar-refractivity contribution in [2.24, 2.45) is 0 Å². The van der Waals surface area contributed by atoms with Gasteiger partial charge >= 0.3 is 6.03 Å². The van der Waals surface area contributed by atoms with Crippen LogP contribution in [0.3, 0.4) is 0 Å². The minimum atomic E-state index is -0.198. The maximum atomic E-state index is 12.7. The van der Waals surface area contributed by atoms with Crippen LogP contribution >= 0.6 is 0 Å². The summed E-state index contributed by atoms with van der Waals surface area (Å²) in [5, 5.41) is 2.96. The van der Waals surface area contributed by atoms with E-state index in [-0.39, 0.29) is 18.1 Å². The smallest absolute Gasteiger partial charge is 0.320 e. The zero-order valence-electron chi connectivity index (χ0n) is 17.6. The minimum Gasteiger partial charge on any atom is -0.320 e. The number of aryl methyl sites for hydroxylation is 3. The van der Waals surface area contributed by atoms with E-state index in [0.29, 0.717) is 30.8 Å². The summed E-state index contributed by atoms with van der Waals surface area (Å²) < 4.78 is 0. The number of benzene rings is 2. The number of nitrogens with one attached hydrogen (secondary N) is 2. The number of anilines is 1. The average molecular weight is 402 g/mol. The van der Waals surface area contributed by atoms with Crippen LogP contribution in [0.1, 0.15) is 39.3 Å². The lowest BCUT2D eigenvalue weighted by atomic mass is 10.1. The summed E-state index contributed by atoms with van der Waals surface area (Å²) in [4.78, 5) is 34.7. The summed E-state index contributed by atoms with van der Waals surface area (Å²) in [7, 11) is 0. The number of nitrogens with zero attached hydrogens (tertiary/aromatic N) is 2. The minimum absolute atomic E-state index is 0.160. The molecule has 6 heteroatoms. The number of aromatic nitrogens is 2. The molecular formula is C24H26N4O2. The lowest BCUT2D eigenvalue weighted by Gasteiger charge is -2.28. The van der Waals surface area contributed by atoms with Gasteiger partial charge in [0.2, 0.25) is 0 Å². The summed E-state index contributed by atoms with van der Waals surface area (Å²) in [6.07, 6.45) is 1.15. The molecule has 30 heavy (non-hydrogen) atoms. The predicted octanol–water partition coefficient (Wildman–Crippen LogP) is 3.88. The fourth-order valence-electron chi connectivity index (χ4n) is 3.90. The quantitative estimate of drug-likeness (QED) is 0.698. The van der Waals surface area contributed by atoms with Crippen LogP contribution in [0.25, 0.3) is 0 Å². The second-order valence-corrected chi connectivity index (χ2v) is 8.02. The number of carbonyl (C=O) groups excluding carboxylic acids is 1. The zero-order chi connectivity index (χ0) is 21.3. The van der Waals surface area contributed by atoms with Crippen molar-refractivity contribution >= 4 is 11.7 Å². The van der Waals surface area contributed by atoms with Gasteiger partial charge in [0, 0.05) is 25.1 Å². The number of aromatic amines is 1. The van der Waals surface area contributed by atoms with Crippen molar-refractivity contribution in [3.05, 3.63) is 92.2 Å². The summed E-state index contributed by atoms with van der Waals surface area (Å²) in [5.41, 5.74) is 6.45. The number of carbonyl (C=O) groups is 1. The average Bonchev–Trinajstić information content (AvgIpc) is 2.70. The van der Waals surface area contributed by atoms with Gasteiger partial charge in [0.1, 0.15) is 5.82 Å². The Morgan fingerprint density at radius 2 is 1.93 bits per heavy atom. The van der Waals surface area contributed by atoms with Crippen molar-refractivity contribution < 1.29 is 4.79 Å². The van der Waals surface area contributed by atoms with Crippen molar-refractivity contribution in [3.8, 4) is 0 Å². The molecule has 3 aromatic rings. The fourth-order valence-corrected chi connectivity index (χ4v) is 3.90. The molecule has 2 aromatic carbocycles. The topological polar surface area (TPSA) is 78.1 Å². The molecule has 0 fully saturated rings. The number of amides is 2. The van der Waals surface area contributed by atoms with E-state index in [0.717, 1.165) is 28.1 Å². The van der Waals surface area contributed by atoms with Crippen molar-refractivity contribution in [2.45, 2.75) is 40.2 Å². The van der Waals surface area contributed by atoms with Crippen LogP contribution < -0.4 is 10.9 Å². The largest absolute Gasteiger partial charge is 0.322 e. The normalized spacial score (nSPS) is 13.1. The zero-order valence-corrected chi connectivity index (χ0v) is 17.6. The maximum Gasteiger partial charge on any atom is 0.322 e. The first kappa shape index (κ1) is 19.9. The molecule has 0 radical (unpaired) electrons. The van der Waals surface area contributed by atoms with Gasteiger partial charge in [-0.15, -0.1) is 0 Å². The van der Waals surface area contributed by atoms with Crippen molar-refractivity contribution in [1.82, 2.24) is 14.9 Å². The molecular weight excluding hydrogens is 376 g/mol. The van der Waals surface area contributed by atoms with Crippen LogP contribution in [0, 0.1) is 20.8 Å². The van der Waals surface area contributed by atoms with Crippen molar-refractivity contribution in [3.63, 3.8) is 0 Å². The Bertz CT molecular complexity index is 1170. The molecule has 2 amide bonds. The molecule has 2 heterocycles. The Labute approximate surface area is 176 Å². The SMILES string of the molecule is Cc1cccc(Cc2nc3c(c(=O)[nH]2)CN(C(=O)Nc2ccc(C)cc2C)CC3)c1. The number of rotatable bonds is 3. The highest BCUT2D eigenvalue weighted by atomic mass is 16.2. The first-order chi connectivity index (χ1) is 14.4. The lowest BCUT2D eigenvalue weighted by molar-refractivity contribution is 0.205. The summed E-state index contributed by atoms with van der Waals surface area (Å²) in [6, 6.07) is 13.9. The Balaban J connectivity index is 1.49. The molecule has 0 spiro atoms. The van der Waals surface area contributed by atoms with Gasteiger partial charge in [0.25, 0.3) is 5.56 Å². The second kappa shape index (κ2) is 8.14. The third kappa shape index (κ3) is 4.27. The van der Waals surface area contributed by atoms with Crippen molar-refractivity contribution in [2.75, 3.05) is 11.9 Å². The molecule has 1 aromatic heterocycles. The van der Waals surface area contributed by atoms with Gasteiger partial charge in [-0.3, -0.25) is 4.79 Å². The fraction of sp³-hybridized carbons (Fsp3) is 0.292. The molecule has 4 rings (SSSR count). The van der Waals surface area contributed by atoms with E-state index < -0.39 is 0 Å². The van der Waals surface area contributed by atoms with Gasteiger partial charge in [0.05, 0.1) is 17.8 Å². The van der Waals surface area contributed by atoms with Gasteiger partial charge in [-0.05, 0) is 38.0 Å². The van der Waals surface area contributed by atoms with Crippen LogP contribution in [-0.2, 0) is 19.4 Å².